The van der Waals surface area contributed by atoms with Gasteiger partial charge in [0.2, 0.25) is 5.91 Å². The largest absolute Gasteiger partial charge is 0.390 e. The van der Waals surface area contributed by atoms with Crippen molar-refractivity contribution in [3.8, 4) is 0 Å². The van der Waals surface area contributed by atoms with Crippen LogP contribution in [0.5, 0.6) is 0 Å². The van der Waals surface area contributed by atoms with Gasteiger partial charge in [0.1, 0.15) is 0 Å². The molecule has 2 N–H and O–H groups in total. The Morgan fingerprint density at radius 1 is 1.25 bits per heavy atom. The van der Waals surface area contributed by atoms with Crippen LogP contribution in [0.3, 0.4) is 0 Å². The minimum absolute atomic E-state index is 0.102. The second-order valence-corrected chi connectivity index (χ2v) is 9.74. The molecule has 130 valence electrons. The lowest BCUT2D eigenvalue weighted by Crippen LogP contribution is -2.62. The molecular weight excluding hydrogens is 366 g/mol. The smallest absolute Gasteiger partial charge is 0.230 e. The highest BCUT2D eigenvalue weighted by Crippen LogP contribution is 2.55. The summed E-state index contributed by atoms with van der Waals surface area (Å²) in [7, 11) is 0. The number of amides is 1. The maximum absolute atomic E-state index is 13.1. The highest BCUT2D eigenvalue weighted by atomic mass is 79.9. The second-order valence-electron chi connectivity index (χ2n) is 8.83. The van der Waals surface area contributed by atoms with Gasteiger partial charge in [-0.15, -0.1) is 0 Å². The van der Waals surface area contributed by atoms with Crippen LogP contribution < -0.4 is 5.32 Å². The van der Waals surface area contributed by atoms with E-state index in [-0.39, 0.29) is 11.9 Å². The summed E-state index contributed by atoms with van der Waals surface area (Å²) in [5, 5.41) is 14.1. The van der Waals surface area contributed by atoms with Gasteiger partial charge in [0.15, 0.2) is 0 Å². The average molecular weight is 392 g/mol. The van der Waals surface area contributed by atoms with Crippen LogP contribution in [0, 0.1) is 17.8 Å². The van der Waals surface area contributed by atoms with Crippen molar-refractivity contribution in [3.63, 3.8) is 0 Å². The van der Waals surface area contributed by atoms with Crippen LogP contribution in [-0.2, 0) is 10.2 Å². The van der Waals surface area contributed by atoms with Gasteiger partial charge >= 0.3 is 0 Å². The fraction of sp³-hybridized carbons (Fsp3) is 0.650. The normalized spacial score (nSPS) is 37.5. The van der Waals surface area contributed by atoms with Crippen LogP contribution in [0.1, 0.15) is 51.5 Å². The summed E-state index contributed by atoms with van der Waals surface area (Å²) in [6, 6.07) is 8.24. The van der Waals surface area contributed by atoms with Crippen LogP contribution in [-0.4, -0.2) is 22.7 Å². The van der Waals surface area contributed by atoms with Gasteiger partial charge in [0.05, 0.1) is 11.0 Å². The van der Waals surface area contributed by atoms with Gasteiger partial charge in [0, 0.05) is 10.5 Å². The highest BCUT2D eigenvalue weighted by molar-refractivity contribution is 9.10. The molecule has 0 spiro atoms. The van der Waals surface area contributed by atoms with Gasteiger partial charge in [0.25, 0.3) is 0 Å². The summed E-state index contributed by atoms with van der Waals surface area (Å²) in [5.74, 6) is 1.66. The van der Waals surface area contributed by atoms with Crippen molar-refractivity contribution in [2.75, 3.05) is 0 Å². The van der Waals surface area contributed by atoms with Crippen molar-refractivity contribution >= 4 is 21.8 Å². The first-order chi connectivity index (χ1) is 11.3. The van der Waals surface area contributed by atoms with E-state index < -0.39 is 11.0 Å². The van der Waals surface area contributed by atoms with E-state index in [1.165, 1.54) is 12.8 Å². The zero-order chi connectivity index (χ0) is 17.1. The number of nitrogens with one attached hydrogen (secondary N) is 1. The topological polar surface area (TPSA) is 49.3 Å². The third-order valence-electron chi connectivity index (χ3n) is 6.65. The van der Waals surface area contributed by atoms with Gasteiger partial charge in [-0.05, 0) is 81.4 Å². The number of halogens is 1. The number of carbonyl (C=O) groups excluding carboxylic acids is 1. The number of carbonyl (C=O) groups is 1. The summed E-state index contributed by atoms with van der Waals surface area (Å²) in [6.45, 7) is 3.99. The Morgan fingerprint density at radius 3 is 2.50 bits per heavy atom. The average Bonchev–Trinajstić information content (AvgIpc) is 2.49. The first-order valence-corrected chi connectivity index (χ1v) is 9.85. The van der Waals surface area contributed by atoms with Crippen molar-refractivity contribution in [2.24, 2.45) is 17.8 Å². The Labute approximate surface area is 152 Å². The summed E-state index contributed by atoms with van der Waals surface area (Å²) in [5.41, 5.74) is 0.0178. The maximum Gasteiger partial charge on any atom is 0.230 e. The molecule has 0 radical (unpaired) electrons. The Kier molecular flexibility index (Phi) is 3.85. The molecule has 0 aliphatic heterocycles. The SMILES string of the molecule is CC(C)(C(=O)N[C@@H]1C2CC3C[C@@H]1C[C@@](O)(C3)C2)c1cccc(Br)c1. The first-order valence-electron chi connectivity index (χ1n) is 9.06. The van der Waals surface area contributed by atoms with Gasteiger partial charge in [-0.25, -0.2) is 0 Å². The molecule has 0 saturated heterocycles. The molecule has 4 heteroatoms. The van der Waals surface area contributed by atoms with Crippen molar-refractivity contribution in [1.82, 2.24) is 5.32 Å². The molecule has 1 aromatic rings. The van der Waals surface area contributed by atoms with Crippen LogP contribution in [0.4, 0.5) is 0 Å². The van der Waals surface area contributed by atoms with Crippen molar-refractivity contribution in [3.05, 3.63) is 34.3 Å². The molecular formula is C20H26BrNO2. The predicted molar refractivity (Wildman–Crippen MR) is 97.6 cm³/mol. The fourth-order valence-electron chi connectivity index (χ4n) is 5.56. The molecule has 1 aromatic carbocycles. The van der Waals surface area contributed by atoms with Crippen LogP contribution >= 0.6 is 15.9 Å². The number of hydrogen-bond acceptors (Lipinski definition) is 2. The van der Waals surface area contributed by atoms with Crippen LogP contribution in [0.2, 0.25) is 0 Å². The molecule has 4 saturated carbocycles. The Bertz CT molecular complexity index is 655. The summed E-state index contributed by atoms with van der Waals surface area (Å²) >= 11 is 3.50. The Hall–Kier alpha value is -0.870. The zero-order valence-corrected chi connectivity index (χ0v) is 16.0. The van der Waals surface area contributed by atoms with E-state index in [1.807, 2.05) is 38.1 Å². The van der Waals surface area contributed by atoms with Gasteiger partial charge in [-0.2, -0.15) is 0 Å². The molecule has 0 heterocycles. The van der Waals surface area contributed by atoms with Crippen LogP contribution in [0.15, 0.2) is 28.7 Å². The van der Waals surface area contributed by atoms with E-state index in [1.54, 1.807) is 0 Å². The van der Waals surface area contributed by atoms with E-state index in [0.717, 1.165) is 29.3 Å². The Balaban J connectivity index is 1.52. The van der Waals surface area contributed by atoms with E-state index in [9.17, 15) is 9.90 Å². The Morgan fingerprint density at radius 2 is 1.92 bits per heavy atom. The summed E-state index contributed by atoms with van der Waals surface area (Å²) in [6.07, 6.45) is 5.04. The molecule has 4 bridgehead atoms. The first kappa shape index (κ1) is 16.6. The van der Waals surface area contributed by atoms with Gasteiger partial charge < -0.3 is 10.4 Å². The molecule has 4 aliphatic rings. The molecule has 2 unspecified atom stereocenters. The molecule has 4 fully saturated rings. The quantitative estimate of drug-likeness (QED) is 0.823. The number of aliphatic hydroxyl groups is 1. The highest BCUT2D eigenvalue weighted by Gasteiger charge is 2.55. The van der Waals surface area contributed by atoms with Gasteiger partial charge in [-0.3, -0.25) is 4.79 Å². The standard InChI is InChI=1S/C20H26BrNO2/c1-19(2,15-4-3-5-16(21)8-15)18(23)22-17-13-6-12-7-14(17)11-20(24,9-12)10-13/h3-5,8,12-14,17,24H,6-7,9-11H2,1-2H3,(H,22,23)/t12?,13-,14?,17+,20+/m1/s1. The maximum atomic E-state index is 13.1. The second kappa shape index (κ2) is 5.57. The molecule has 3 nitrogen and oxygen atoms in total. The third-order valence-corrected chi connectivity index (χ3v) is 7.15. The van der Waals surface area contributed by atoms with E-state index >= 15 is 0 Å². The lowest BCUT2D eigenvalue weighted by atomic mass is 9.52. The fourth-order valence-corrected chi connectivity index (χ4v) is 5.96. The molecule has 5 atom stereocenters. The lowest BCUT2D eigenvalue weighted by Gasteiger charge is -2.58. The predicted octanol–water partition coefficient (Wildman–Crippen LogP) is 3.78. The van der Waals surface area contributed by atoms with Gasteiger partial charge in [-0.1, -0.05) is 28.1 Å². The molecule has 24 heavy (non-hydrogen) atoms. The molecule has 4 aliphatic carbocycles. The molecule has 5 rings (SSSR count). The van der Waals surface area contributed by atoms with Crippen molar-refractivity contribution < 1.29 is 9.90 Å². The van der Waals surface area contributed by atoms with Crippen LogP contribution in [0.25, 0.3) is 0 Å². The number of rotatable bonds is 3. The van der Waals surface area contributed by atoms with E-state index in [0.29, 0.717) is 17.8 Å². The lowest BCUT2D eigenvalue weighted by molar-refractivity contribution is -0.148. The van der Waals surface area contributed by atoms with Crippen molar-refractivity contribution in [1.29, 1.82) is 0 Å². The van der Waals surface area contributed by atoms with Crippen molar-refractivity contribution in [2.45, 2.75) is 63.0 Å². The molecule has 1 amide bonds. The minimum atomic E-state index is -0.560. The minimum Gasteiger partial charge on any atom is -0.390 e. The monoisotopic (exact) mass is 391 g/mol. The molecule has 0 aromatic heterocycles. The van der Waals surface area contributed by atoms with E-state index in [2.05, 4.69) is 21.2 Å². The third kappa shape index (κ3) is 2.72. The van der Waals surface area contributed by atoms with E-state index in [4.69, 9.17) is 0 Å². The number of hydrogen-bond donors (Lipinski definition) is 2. The number of benzene rings is 1. The summed E-state index contributed by atoms with van der Waals surface area (Å²) in [4.78, 5) is 13.1. The summed E-state index contributed by atoms with van der Waals surface area (Å²) < 4.78 is 0.998. The zero-order valence-electron chi connectivity index (χ0n) is 14.4.